The van der Waals surface area contributed by atoms with Crippen molar-refractivity contribution in [3.8, 4) is 0 Å². The Morgan fingerprint density at radius 2 is 1.89 bits per heavy atom. The Kier molecular flexibility index (Phi) is 9.58. The first kappa shape index (κ1) is 22.7. The van der Waals surface area contributed by atoms with Crippen molar-refractivity contribution in [2.24, 2.45) is 0 Å². The molecule has 0 saturated heterocycles. The van der Waals surface area contributed by atoms with E-state index in [0.717, 1.165) is 5.56 Å². The van der Waals surface area contributed by atoms with E-state index in [4.69, 9.17) is 14.2 Å². The number of benzene rings is 1. The number of esters is 1. The molecule has 0 bridgehead atoms. The van der Waals surface area contributed by atoms with Crippen molar-refractivity contribution in [1.29, 1.82) is 0 Å². The average molecular weight is 377 g/mol. The number of hydrogen-bond donors (Lipinski definition) is 1. The van der Waals surface area contributed by atoms with E-state index in [1.165, 1.54) is 0 Å². The second-order valence-electron chi connectivity index (χ2n) is 6.81. The summed E-state index contributed by atoms with van der Waals surface area (Å²) in [7, 11) is 0. The minimum absolute atomic E-state index is 0.0964. The maximum atomic E-state index is 12.2. The van der Waals surface area contributed by atoms with Crippen LogP contribution in [0.5, 0.6) is 0 Å². The summed E-state index contributed by atoms with van der Waals surface area (Å²) in [5.74, 6) is -0.527. The molecule has 0 radical (unpaired) electrons. The molecule has 0 fully saturated rings. The van der Waals surface area contributed by atoms with Crippen molar-refractivity contribution < 1.29 is 23.8 Å². The summed E-state index contributed by atoms with van der Waals surface area (Å²) in [6.07, 6.45) is -0.0149. The highest BCUT2D eigenvalue weighted by molar-refractivity contribution is 5.86. The van der Waals surface area contributed by atoms with E-state index in [2.05, 4.69) is 11.9 Å². The van der Waals surface area contributed by atoms with Crippen molar-refractivity contribution in [1.82, 2.24) is 5.32 Å². The smallest absolute Gasteiger partial charge is 0.407 e. The normalized spacial score (nSPS) is 12.1. The van der Waals surface area contributed by atoms with Crippen LogP contribution in [0, 0.1) is 0 Å². The van der Waals surface area contributed by atoms with Gasteiger partial charge in [-0.05, 0) is 39.7 Å². The average Bonchev–Trinajstić information content (AvgIpc) is 2.61. The monoisotopic (exact) mass is 377 g/mol. The predicted octanol–water partition coefficient (Wildman–Crippen LogP) is 3.82. The highest BCUT2D eigenvalue weighted by atomic mass is 16.6. The molecule has 1 atom stereocenters. The highest BCUT2D eigenvalue weighted by Crippen LogP contribution is 2.31. The Morgan fingerprint density at radius 3 is 2.48 bits per heavy atom. The van der Waals surface area contributed by atoms with Crippen molar-refractivity contribution in [3.63, 3.8) is 0 Å². The van der Waals surface area contributed by atoms with Gasteiger partial charge in [0.1, 0.15) is 5.60 Å². The van der Waals surface area contributed by atoms with Crippen LogP contribution in [-0.2, 0) is 19.0 Å². The molecule has 0 heterocycles. The first-order valence-electron chi connectivity index (χ1n) is 9.20. The van der Waals surface area contributed by atoms with Gasteiger partial charge in [-0.3, -0.25) is 0 Å². The summed E-state index contributed by atoms with van der Waals surface area (Å²) in [5, 5.41) is 2.69. The molecular formula is C21H31NO5. The van der Waals surface area contributed by atoms with Crippen LogP contribution in [0.4, 0.5) is 4.79 Å². The third kappa shape index (κ3) is 8.26. The number of carbonyl (C=O) groups is 2. The number of carbonyl (C=O) groups excluding carboxylic acids is 2. The molecule has 1 rings (SSSR count). The van der Waals surface area contributed by atoms with Crippen LogP contribution >= 0.6 is 0 Å². The highest BCUT2D eigenvalue weighted by Gasteiger charge is 2.34. The van der Waals surface area contributed by atoms with Gasteiger partial charge in [-0.1, -0.05) is 36.9 Å². The van der Waals surface area contributed by atoms with E-state index in [0.29, 0.717) is 31.8 Å². The summed E-state index contributed by atoms with van der Waals surface area (Å²) >= 11 is 0. The number of hydrogen-bond acceptors (Lipinski definition) is 5. The molecule has 0 spiro atoms. The lowest BCUT2D eigenvalue weighted by Gasteiger charge is -2.34. The second kappa shape index (κ2) is 11.4. The molecule has 1 amide bonds. The van der Waals surface area contributed by atoms with E-state index in [9.17, 15) is 9.59 Å². The quantitative estimate of drug-likeness (QED) is 0.360. The van der Waals surface area contributed by atoms with E-state index >= 15 is 0 Å². The third-order valence-corrected chi connectivity index (χ3v) is 4.06. The summed E-state index contributed by atoms with van der Waals surface area (Å²) in [6.45, 7) is 12.4. The fourth-order valence-corrected chi connectivity index (χ4v) is 2.52. The molecule has 1 unspecified atom stereocenters. The zero-order valence-electron chi connectivity index (χ0n) is 16.7. The lowest BCUT2D eigenvalue weighted by atomic mass is 9.85. The van der Waals surface area contributed by atoms with Gasteiger partial charge in [-0.15, -0.1) is 0 Å². The first-order valence-corrected chi connectivity index (χ1v) is 9.20. The zero-order chi connectivity index (χ0) is 20.3. The van der Waals surface area contributed by atoms with Crippen LogP contribution in [0.15, 0.2) is 42.5 Å². The number of alkyl carbamates (subject to hydrolysis) is 1. The summed E-state index contributed by atoms with van der Waals surface area (Å²) < 4.78 is 16.3. The van der Waals surface area contributed by atoms with Gasteiger partial charge in [0.2, 0.25) is 0 Å². The summed E-state index contributed by atoms with van der Waals surface area (Å²) in [6, 6.07) is 9.86. The van der Waals surface area contributed by atoms with Crippen molar-refractivity contribution in [2.75, 3.05) is 26.4 Å². The van der Waals surface area contributed by atoms with Gasteiger partial charge in [0.05, 0.1) is 13.2 Å². The molecule has 6 heteroatoms. The molecule has 27 heavy (non-hydrogen) atoms. The molecular weight excluding hydrogens is 346 g/mol. The van der Waals surface area contributed by atoms with Crippen LogP contribution in [0.3, 0.4) is 0 Å². The first-order chi connectivity index (χ1) is 12.8. The largest absolute Gasteiger partial charge is 0.462 e. The Bertz CT molecular complexity index is 612. The van der Waals surface area contributed by atoms with E-state index in [1.54, 1.807) is 6.92 Å². The predicted molar refractivity (Wildman–Crippen MR) is 105 cm³/mol. The van der Waals surface area contributed by atoms with Gasteiger partial charge in [0, 0.05) is 24.6 Å². The molecule has 0 saturated carbocycles. The second-order valence-corrected chi connectivity index (χ2v) is 6.81. The lowest BCUT2D eigenvalue weighted by molar-refractivity contribution is -0.138. The van der Waals surface area contributed by atoms with Crippen LogP contribution in [0.2, 0.25) is 0 Å². The molecule has 0 aliphatic carbocycles. The molecule has 0 aliphatic rings. The topological polar surface area (TPSA) is 73.9 Å². The van der Waals surface area contributed by atoms with Gasteiger partial charge < -0.3 is 19.5 Å². The van der Waals surface area contributed by atoms with Gasteiger partial charge in [0.15, 0.2) is 0 Å². The molecule has 1 N–H and O–H groups in total. The zero-order valence-corrected chi connectivity index (χ0v) is 16.7. The number of nitrogens with one attached hydrogen (secondary N) is 1. The molecule has 1 aromatic carbocycles. The lowest BCUT2D eigenvalue weighted by Crippen LogP contribution is -2.41. The Balaban J connectivity index is 2.53. The Labute approximate surface area is 161 Å². The SMILES string of the molecule is C=C(C)C(=O)OCCCNC(=O)OC(C)(C)C(COCC)c1ccccc1. The van der Waals surface area contributed by atoms with Gasteiger partial charge >= 0.3 is 12.1 Å². The van der Waals surface area contributed by atoms with Crippen LogP contribution in [-0.4, -0.2) is 44.0 Å². The third-order valence-electron chi connectivity index (χ3n) is 4.06. The summed E-state index contributed by atoms with van der Waals surface area (Å²) in [4.78, 5) is 23.5. The summed E-state index contributed by atoms with van der Waals surface area (Å²) in [5.41, 5.74) is 0.647. The van der Waals surface area contributed by atoms with Crippen molar-refractivity contribution in [2.45, 2.75) is 45.6 Å². The van der Waals surface area contributed by atoms with Gasteiger partial charge in [-0.25, -0.2) is 9.59 Å². The van der Waals surface area contributed by atoms with Gasteiger partial charge in [0.25, 0.3) is 0 Å². The standard InChI is InChI=1S/C21H31NO5/c1-6-25-15-18(17-11-8-7-9-12-17)21(4,5)27-20(24)22-13-10-14-26-19(23)16(2)3/h7-9,11-12,18H,2,6,10,13-15H2,1,3-5H3,(H,22,24). The van der Waals surface area contributed by atoms with E-state index < -0.39 is 17.7 Å². The van der Waals surface area contributed by atoms with E-state index in [1.807, 2.05) is 51.1 Å². The molecule has 0 aromatic heterocycles. The Morgan fingerprint density at radius 1 is 1.22 bits per heavy atom. The van der Waals surface area contributed by atoms with Crippen molar-refractivity contribution >= 4 is 12.1 Å². The van der Waals surface area contributed by atoms with Crippen LogP contribution in [0.25, 0.3) is 0 Å². The maximum Gasteiger partial charge on any atom is 0.407 e. The van der Waals surface area contributed by atoms with Gasteiger partial charge in [-0.2, -0.15) is 0 Å². The van der Waals surface area contributed by atoms with Crippen LogP contribution < -0.4 is 5.32 Å². The van der Waals surface area contributed by atoms with Crippen molar-refractivity contribution in [3.05, 3.63) is 48.0 Å². The molecule has 0 aliphatic heterocycles. The van der Waals surface area contributed by atoms with Crippen LogP contribution in [0.1, 0.15) is 45.6 Å². The molecule has 6 nitrogen and oxygen atoms in total. The number of ether oxygens (including phenoxy) is 3. The molecule has 1 aromatic rings. The minimum Gasteiger partial charge on any atom is -0.462 e. The van der Waals surface area contributed by atoms with E-state index in [-0.39, 0.29) is 12.5 Å². The number of rotatable bonds is 11. The minimum atomic E-state index is -0.757. The molecule has 150 valence electrons. The fourth-order valence-electron chi connectivity index (χ4n) is 2.52. The Hall–Kier alpha value is -2.34. The number of amides is 1. The maximum absolute atomic E-state index is 12.2. The fraction of sp³-hybridized carbons (Fsp3) is 0.524.